The third-order valence-electron chi connectivity index (χ3n) is 4.71. The summed E-state index contributed by atoms with van der Waals surface area (Å²) in [5, 5.41) is 9.84. The standard InChI is InChI=1S/C19H29N3O7/c1-8-26-14(23)19(11-20)13(22(19)15(24)27-9-2)12-10-28-18(6,7)21(12)16(25)29-17(3,4)5/h12-13H,8-10H2,1-7H3/t12-,13-,19+,22?/m1/s1. The third kappa shape index (κ3) is 3.96. The van der Waals surface area contributed by atoms with E-state index < -0.39 is 47.1 Å². The Labute approximate surface area is 170 Å². The van der Waals surface area contributed by atoms with E-state index in [1.165, 1.54) is 4.90 Å². The second-order valence-electron chi connectivity index (χ2n) is 8.29. The van der Waals surface area contributed by atoms with Gasteiger partial charge in [0.1, 0.15) is 23.4 Å². The molecule has 2 fully saturated rings. The first-order valence-electron chi connectivity index (χ1n) is 9.58. The molecule has 0 radical (unpaired) electrons. The lowest BCUT2D eigenvalue weighted by Crippen LogP contribution is -2.53. The van der Waals surface area contributed by atoms with Gasteiger partial charge >= 0.3 is 18.2 Å². The second kappa shape index (κ2) is 7.71. The van der Waals surface area contributed by atoms with Crippen molar-refractivity contribution in [2.45, 2.75) is 77.4 Å². The number of ether oxygens (including phenoxy) is 4. The van der Waals surface area contributed by atoms with Gasteiger partial charge in [-0.15, -0.1) is 0 Å². The second-order valence-corrected chi connectivity index (χ2v) is 8.29. The number of amides is 2. The number of nitrogens with zero attached hydrogens (tertiary/aromatic N) is 3. The summed E-state index contributed by atoms with van der Waals surface area (Å²) >= 11 is 0. The van der Waals surface area contributed by atoms with E-state index in [0.717, 1.165) is 4.90 Å². The monoisotopic (exact) mass is 411 g/mol. The van der Waals surface area contributed by atoms with Crippen LogP contribution in [0.15, 0.2) is 0 Å². The van der Waals surface area contributed by atoms with Crippen molar-refractivity contribution in [3.05, 3.63) is 0 Å². The molecule has 0 aromatic heterocycles. The first-order chi connectivity index (χ1) is 13.4. The molecule has 2 aliphatic rings. The molecular weight excluding hydrogens is 382 g/mol. The summed E-state index contributed by atoms with van der Waals surface area (Å²) in [6.07, 6.45) is -1.50. The number of hydrogen-bond acceptors (Lipinski definition) is 8. The van der Waals surface area contributed by atoms with E-state index >= 15 is 0 Å². The molecule has 0 spiro atoms. The molecule has 2 heterocycles. The maximum Gasteiger partial charge on any atom is 0.412 e. The number of carbonyl (C=O) groups excluding carboxylic acids is 3. The highest BCUT2D eigenvalue weighted by molar-refractivity contribution is 5.97. The van der Waals surface area contributed by atoms with Crippen LogP contribution in [-0.2, 0) is 23.7 Å². The van der Waals surface area contributed by atoms with E-state index in [4.69, 9.17) is 18.9 Å². The van der Waals surface area contributed by atoms with E-state index in [0.29, 0.717) is 0 Å². The van der Waals surface area contributed by atoms with Crippen LogP contribution >= 0.6 is 0 Å². The molecule has 3 atom stereocenters. The minimum atomic E-state index is -1.89. The van der Waals surface area contributed by atoms with E-state index in [1.54, 1.807) is 48.5 Å². The molecule has 0 N–H and O–H groups in total. The first-order valence-corrected chi connectivity index (χ1v) is 9.58. The molecular formula is C19H29N3O7. The van der Waals surface area contributed by atoms with E-state index in [-0.39, 0.29) is 19.8 Å². The number of rotatable bonds is 4. The van der Waals surface area contributed by atoms with E-state index in [1.807, 2.05) is 6.07 Å². The Bertz CT molecular complexity index is 724. The lowest BCUT2D eigenvalue weighted by molar-refractivity contribution is -0.145. The van der Waals surface area contributed by atoms with Crippen LogP contribution in [-0.4, -0.2) is 76.7 Å². The molecule has 10 nitrogen and oxygen atoms in total. The van der Waals surface area contributed by atoms with Crippen LogP contribution in [0.1, 0.15) is 48.5 Å². The van der Waals surface area contributed by atoms with Crippen LogP contribution in [0.4, 0.5) is 9.59 Å². The number of nitriles is 1. The fourth-order valence-corrected chi connectivity index (χ4v) is 3.57. The molecule has 0 saturated carbocycles. The quantitative estimate of drug-likeness (QED) is 0.392. The lowest BCUT2D eigenvalue weighted by atomic mass is 10.0. The van der Waals surface area contributed by atoms with Crippen molar-refractivity contribution in [2.24, 2.45) is 0 Å². The largest absolute Gasteiger partial charge is 0.463 e. The number of carbonyl (C=O) groups is 3. The van der Waals surface area contributed by atoms with Crippen LogP contribution in [0.25, 0.3) is 0 Å². The molecule has 2 rings (SSSR count). The zero-order valence-corrected chi connectivity index (χ0v) is 18.0. The zero-order chi connectivity index (χ0) is 22.2. The molecule has 0 unspecified atom stereocenters. The van der Waals surface area contributed by atoms with Crippen LogP contribution in [0.5, 0.6) is 0 Å². The van der Waals surface area contributed by atoms with Crippen LogP contribution < -0.4 is 0 Å². The molecule has 0 aromatic carbocycles. The van der Waals surface area contributed by atoms with Crippen molar-refractivity contribution < 1.29 is 33.3 Å². The van der Waals surface area contributed by atoms with Crippen molar-refractivity contribution in [1.82, 2.24) is 9.80 Å². The van der Waals surface area contributed by atoms with Gasteiger partial charge < -0.3 is 18.9 Å². The van der Waals surface area contributed by atoms with Crippen molar-refractivity contribution >= 4 is 18.2 Å². The van der Waals surface area contributed by atoms with Crippen molar-refractivity contribution in [2.75, 3.05) is 19.8 Å². The molecule has 2 saturated heterocycles. The molecule has 10 heteroatoms. The van der Waals surface area contributed by atoms with Crippen LogP contribution in [0.3, 0.4) is 0 Å². The fraction of sp³-hybridized carbons (Fsp3) is 0.789. The normalized spacial score (nSPS) is 27.8. The molecule has 2 amide bonds. The van der Waals surface area contributed by atoms with Gasteiger partial charge in [0.25, 0.3) is 5.54 Å². The smallest absolute Gasteiger partial charge is 0.412 e. The fourth-order valence-electron chi connectivity index (χ4n) is 3.57. The molecule has 0 aliphatic carbocycles. The van der Waals surface area contributed by atoms with Crippen molar-refractivity contribution in [3.8, 4) is 6.07 Å². The highest BCUT2D eigenvalue weighted by Crippen LogP contribution is 2.49. The van der Waals surface area contributed by atoms with E-state index in [9.17, 15) is 19.6 Å². The van der Waals surface area contributed by atoms with Gasteiger partial charge in [-0.2, -0.15) is 5.26 Å². The van der Waals surface area contributed by atoms with Gasteiger partial charge in [0, 0.05) is 0 Å². The highest BCUT2D eigenvalue weighted by atomic mass is 16.6. The van der Waals surface area contributed by atoms with Gasteiger partial charge in [-0.3, -0.25) is 9.80 Å². The van der Waals surface area contributed by atoms with Gasteiger partial charge in [0.2, 0.25) is 0 Å². The van der Waals surface area contributed by atoms with Crippen molar-refractivity contribution in [1.29, 1.82) is 5.26 Å². The summed E-state index contributed by atoms with van der Waals surface area (Å²) in [5.41, 5.74) is -3.72. The van der Waals surface area contributed by atoms with Crippen LogP contribution in [0, 0.1) is 11.3 Å². The van der Waals surface area contributed by atoms with Gasteiger partial charge in [0.05, 0.1) is 25.9 Å². The average molecular weight is 411 g/mol. The molecule has 2 aliphatic heterocycles. The Kier molecular flexibility index (Phi) is 6.04. The minimum absolute atomic E-state index is 0.00957. The Balaban J connectivity index is 2.44. The predicted molar refractivity (Wildman–Crippen MR) is 99.5 cm³/mol. The summed E-state index contributed by atoms with van der Waals surface area (Å²) in [4.78, 5) is 40.4. The summed E-state index contributed by atoms with van der Waals surface area (Å²) in [5.74, 6) is -0.866. The van der Waals surface area contributed by atoms with Gasteiger partial charge in [0.15, 0.2) is 0 Å². The molecule has 0 aromatic rings. The SMILES string of the molecule is CCOC(=O)N1[C@H]([C@H]2COC(C)(C)N2C(=O)OC(C)(C)C)[C@@]1(C#N)C(=O)OCC. The Hall–Kier alpha value is -2.54. The maximum absolute atomic E-state index is 12.9. The predicted octanol–water partition coefficient (Wildman–Crippen LogP) is 2.02. The Morgan fingerprint density at radius 3 is 2.17 bits per heavy atom. The summed E-state index contributed by atoms with van der Waals surface area (Å²) in [6, 6.07) is 0.121. The summed E-state index contributed by atoms with van der Waals surface area (Å²) in [6.45, 7) is 11.9. The topological polar surface area (TPSA) is 118 Å². The third-order valence-corrected chi connectivity index (χ3v) is 4.71. The minimum Gasteiger partial charge on any atom is -0.463 e. The average Bonchev–Trinajstić information content (AvgIpc) is 3.17. The van der Waals surface area contributed by atoms with Crippen LogP contribution in [0.2, 0.25) is 0 Å². The Morgan fingerprint density at radius 1 is 1.10 bits per heavy atom. The summed E-state index contributed by atoms with van der Waals surface area (Å²) < 4.78 is 21.3. The first kappa shape index (κ1) is 22.7. The molecule has 29 heavy (non-hydrogen) atoms. The Morgan fingerprint density at radius 2 is 1.69 bits per heavy atom. The molecule has 162 valence electrons. The zero-order valence-electron chi connectivity index (χ0n) is 18.0. The van der Waals surface area contributed by atoms with E-state index in [2.05, 4.69) is 0 Å². The summed E-state index contributed by atoms with van der Waals surface area (Å²) in [7, 11) is 0. The molecule has 0 bridgehead atoms. The number of hydrogen-bond donors (Lipinski definition) is 0. The van der Waals surface area contributed by atoms with Gasteiger partial charge in [-0.05, 0) is 48.5 Å². The van der Waals surface area contributed by atoms with Crippen molar-refractivity contribution in [3.63, 3.8) is 0 Å². The lowest BCUT2D eigenvalue weighted by Gasteiger charge is -2.35. The van der Waals surface area contributed by atoms with Gasteiger partial charge in [-0.25, -0.2) is 14.4 Å². The maximum atomic E-state index is 12.9. The number of esters is 1. The van der Waals surface area contributed by atoms with Gasteiger partial charge in [-0.1, -0.05) is 0 Å². The highest BCUT2D eigenvalue weighted by Gasteiger charge is 2.78.